The molecule has 1 N–H and O–H groups in total. The van der Waals surface area contributed by atoms with Gasteiger partial charge in [0.05, 0.1) is 6.61 Å². The summed E-state index contributed by atoms with van der Waals surface area (Å²) in [4.78, 5) is 0. The topological polar surface area (TPSA) is 21.3 Å². The molecule has 19 heavy (non-hydrogen) atoms. The first-order chi connectivity index (χ1) is 9.24. The van der Waals surface area contributed by atoms with Gasteiger partial charge in [-0.05, 0) is 42.4 Å². The normalized spacial score (nSPS) is 17.8. The average molecular weight is 326 g/mol. The first-order valence-electron chi connectivity index (χ1n) is 7.18. The molecule has 0 radical (unpaired) electrons. The zero-order chi connectivity index (χ0) is 13.6. The number of ether oxygens (including phenoxy) is 1. The fourth-order valence-corrected chi connectivity index (χ4v) is 3.37. The van der Waals surface area contributed by atoms with Crippen molar-refractivity contribution < 1.29 is 4.74 Å². The minimum absolute atomic E-state index is 0.460. The van der Waals surface area contributed by atoms with E-state index in [1.807, 2.05) is 0 Å². The number of halogens is 1. The van der Waals surface area contributed by atoms with Crippen molar-refractivity contribution in [3.05, 3.63) is 34.3 Å². The van der Waals surface area contributed by atoms with Crippen molar-refractivity contribution >= 4 is 15.9 Å². The van der Waals surface area contributed by atoms with Crippen molar-refractivity contribution in [2.75, 3.05) is 26.8 Å². The van der Waals surface area contributed by atoms with E-state index in [-0.39, 0.29) is 0 Å². The Balaban J connectivity index is 1.93. The lowest BCUT2D eigenvalue weighted by molar-refractivity contribution is 0.190. The summed E-state index contributed by atoms with van der Waals surface area (Å²) in [7, 11) is 1.76. The van der Waals surface area contributed by atoms with E-state index in [2.05, 4.69) is 45.5 Å². The standard InChI is InChI=1S/C16H24BrNO/c1-19-11-10-18-13-16(8-2-3-9-16)12-14-4-6-15(17)7-5-14/h4-7,18H,2-3,8-13H2,1H3. The highest BCUT2D eigenvalue weighted by Crippen LogP contribution is 2.40. The molecule has 0 aromatic heterocycles. The second-order valence-electron chi connectivity index (χ2n) is 5.68. The zero-order valence-electron chi connectivity index (χ0n) is 11.8. The smallest absolute Gasteiger partial charge is 0.0587 e. The third-order valence-corrected chi connectivity index (χ3v) is 4.67. The van der Waals surface area contributed by atoms with E-state index in [1.165, 1.54) is 37.7 Å². The Morgan fingerprint density at radius 1 is 1.21 bits per heavy atom. The molecule has 0 spiro atoms. The molecular formula is C16H24BrNO. The lowest BCUT2D eigenvalue weighted by Gasteiger charge is -2.29. The lowest BCUT2D eigenvalue weighted by atomic mass is 9.80. The maximum Gasteiger partial charge on any atom is 0.0587 e. The first kappa shape index (κ1) is 15.0. The number of benzene rings is 1. The summed E-state index contributed by atoms with van der Waals surface area (Å²) >= 11 is 3.50. The Hall–Kier alpha value is -0.380. The van der Waals surface area contributed by atoms with Gasteiger partial charge in [-0.15, -0.1) is 0 Å². The van der Waals surface area contributed by atoms with Gasteiger partial charge in [0.2, 0.25) is 0 Å². The fraction of sp³-hybridized carbons (Fsp3) is 0.625. The van der Waals surface area contributed by atoms with E-state index in [9.17, 15) is 0 Å². The zero-order valence-corrected chi connectivity index (χ0v) is 13.3. The number of nitrogens with one attached hydrogen (secondary N) is 1. The molecule has 2 nitrogen and oxygen atoms in total. The number of hydrogen-bond donors (Lipinski definition) is 1. The van der Waals surface area contributed by atoms with Crippen LogP contribution in [0.25, 0.3) is 0 Å². The van der Waals surface area contributed by atoms with Crippen LogP contribution in [0.15, 0.2) is 28.7 Å². The Bertz CT molecular complexity index is 371. The van der Waals surface area contributed by atoms with Crippen LogP contribution in [0, 0.1) is 5.41 Å². The van der Waals surface area contributed by atoms with Gasteiger partial charge in [-0.25, -0.2) is 0 Å². The van der Waals surface area contributed by atoms with Gasteiger partial charge in [0.1, 0.15) is 0 Å². The average Bonchev–Trinajstić information content (AvgIpc) is 2.87. The highest BCUT2D eigenvalue weighted by atomic mass is 79.9. The molecule has 1 fully saturated rings. The molecule has 0 amide bonds. The van der Waals surface area contributed by atoms with Crippen LogP contribution in [0.5, 0.6) is 0 Å². The minimum Gasteiger partial charge on any atom is -0.383 e. The molecule has 1 aromatic carbocycles. The molecular weight excluding hydrogens is 302 g/mol. The molecule has 0 bridgehead atoms. The Labute approximate surface area is 125 Å². The number of methoxy groups -OCH3 is 1. The van der Waals surface area contributed by atoms with Crippen molar-refractivity contribution in [3.63, 3.8) is 0 Å². The quantitative estimate of drug-likeness (QED) is 0.770. The van der Waals surface area contributed by atoms with Crippen LogP contribution in [0.4, 0.5) is 0 Å². The summed E-state index contributed by atoms with van der Waals surface area (Å²) in [6, 6.07) is 8.80. The van der Waals surface area contributed by atoms with Crippen molar-refractivity contribution in [3.8, 4) is 0 Å². The Morgan fingerprint density at radius 2 is 1.89 bits per heavy atom. The molecule has 0 unspecified atom stereocenters. The third kappa shape index (κ3) is 4.59. The Morgan fingerprint density at radius 3 is 2.53 bits per heavy atom. The summed E-state index contributed by atoms with van der Waals surface area (Å²) in [5.74, 6) is 0. The van der Waals surface area contributed by atoms with Gasteiger partial charge in [0.15, 0.2) is 0 Å². The van der Waals surface area contributed by atoms with Gasteiger partial charge in [-0.3, -0.25) is 0 Å². The summed E-state index contributed by atoms with van der Waals surface area (Å²) < 4.78 is 6.27. The summed E-state index contributed by atoms with van der Waals surface area (Å²) in [5.41, 5.74) is 1.92. The molecule has 3 heteroatoms. The SMILES string of the molecule is COCCNCC1(Cc2ccc(Br)cc2)CCCC1. The predicted molar refractivity (Wildman–Crippen MR) is 83.5 cm³/mol. The molecule has 0 atom stereocenters. The van der Waals surface area contributed by atoms with E-state index in [1.54, 1.807) is 7.11 Å². The second kappa shape index (κ2) is 7.41. The van der Waals surface area contributed by atoms with Crippen LogP contribution in [0.3, 0.4) is 0 Å². The van der Waals surface area contributed by atoms with E-state index >= 15 is 0 Å². The maximum atomic E-state index is 5.10. The molecule has 0 heterocycles. The third-order valence-electron chi connectivity index (χ3n) is 4.14. The highest BCUT2D eigenvalue weighted by molar-refractivity contribution is 9.10. The number of rotatable bonds is 7. The van der Waals surface area contributed by atoms with Crippen LogP contribution in [0.1, 0.15) is 31.2 Å². The van der Waals surface area contributed by atoms with Gasteiger partial charge in [0, 0.05) is 24.7 Å². The monoisotopic (exact) mass is 325 g/mol. The largest absolute Gasteiger partial charge is 0.383 e. The van der Waals surface area contributed by atoms with Crippen molar-refractivity contribution in [1.29, 1.82) is 0 Å². The maximum absolute atomic E-state index is 5.10. The predicted octanol–water partition coefficient (Wildman–Crippen LogP) is 3.79. The molecule has 1 saturated carbocycles. The summed E-state index contributed by atoms with van der Waals surface area (Å²) in [6.45, 7) is 2.87. The first-order valence-corrected chi connectivity index (χ1v) is 7.98. The van der Waals surface area contributed by atoms with Gasteiger partial charge in [0.25, 0.3) is 0 Å². The van der Waals surface area contributed by atoms with Crippen LogP contribution >= 0.6 is 15.9 Å². The molecule has 1 aromatic rings. The van der Waals surface area contributed by atoms with Crippen molar-refractivity contribution in [1.82, 2.24) is 5.32 Å². The van der Waals surface area contributed by atoms with Crippen LogP contribution in [-0.2, 0) is 11.2 Å². The minimum atomic E-state index is 0.460. The summed E-state index contributed by atoms with van der Waals surface area (Å²) in [6.07, 6.45) is 6.65. The van der Waals surface area contributed by atoms with Crippen molar-refractivity contribution in [2.45, 2.75) is 32.1 Å². The van der Waals surface area contributed by atoms with Crippen LogP contribution in [-0.4, -0.2) is 26.8 Å². The second-order valence-corrected chi connectivity index (χ2v) is 6.60. The molecule has 1 aliphatic rings. The summed E-state index contributed by atoms with van der Waals surface area (Å²) in [5, 5.41) is 3.57. The molecule has 106 valence electrons. The van der Waals surface area contributed by atoms with Crippen LogP contribution < -0.4 is 5.32 Å². The molecule has 1 aliphatic carbocycles. The van der Waals surface area contributed by atoms with Crippen molar-refractivity contribution in [2.24, 2.45) is 5.41 Å². The Kier molecular flexibility index (Phi) is 5.86. The van der Waals surface area contributed by atoms with Gasteiger partial charge in [-0.1, -0.05) is 40.9 Å². The van der Waals surface area contributed by atoms with Crippen LogP contribution in [0.2, 0.25) is 0 Å². The van der Waals surface area contributed by atoms with Gasteiger partial charge < -0.3 is 10.1 Å². The van der Waals surface area contributed by atoms with E-state index in [4.69, 9.17) is 4.74 Å². The fourth-order valence-electron chi connectivity index (χ4n) is 3.10. The van der Waals surface area contributed by atoms with Gasteiger partial charge >= 0.3 is 0 Å². The highest BCUT2D eigenvalue weighted by Gasteiger charge is 2.33. The number of hydrogen-bond acceptors (Lipinski definition) is 2. The lowest BCUT2D eigenvalue weighted by Crippen LogP contribution is -2.35. The molecule has 0 saturated heterocycles. The molecule has 0 aliphatic heterocycles. The molecule has 2 rings (SSSR count). The van der Waals surface area contributed by atoms with E-state index < -0.39 is 0 Å². The van der Waals surface area contributed by atoms with E-state index in [0.717, 1.165) is 24.2 Å². The van der Waals surface area contributed by atoms with E-state index in [0.29, 0.717) is 5.41 Å². The van der Waals surface area contributed by atoms with Gasteiger partial charge in [-0.2, -0.15) is 0 Å².